The lowest BCUT2D eigenvalue weighted by Crippen LogP contribution is -2.18. The lowest BCUT2D eigenvalue weighted by atomic mass is 10.3. The summed E-state index contributed by atoms with van der Waals surface area (Å²) in [5, 5.41) is 0. The lowest BCUT2D eigenvalue weighted by molar-refractivity contribution is 0.397. The first-order chi connectivity index (χ1) is 10.3. The monoisotopic (exact) mass is 281 g/mol. The van der Waals surface area contributed by atoms with Gasteiger partial charge in [-0.05, 0) is 12.1 Å². The zero-order chi connectivity index (χ0) is 14.7. The second-order valence-electron chi connectivity index (χ2n) is 4.62. The predicted molar refractivity (Wildman–Crippen MR) is 80.2 cm³/mol. The third kappa shape index (κ3) is 2.89. The number of anilines is 1. The summed E-state index contributed by atoms with van der Waals surface area (Å²) >= 11 is 0. The molecule has 21 heavy (non-hydrogen) atoms. The predicted octanol–water partition coefficient (Wildman–Crippen LogP) is 2.06. The zero-order valence-corrected chi connectivity index (χ0v) is 11.9. The van der Waals surface area contributed by atoms with Gasteiger partial charge in [0.05, 0.1) is 36.6 Å². The summed E-state index contributed by atoms with van der Waals surface area (Å²) in [5.74, 6) is 1.31. The van der Waals surface area contributed by atoms with E-state index in [-0.39, 0.29) is 0 Å². The van der Waals surface area contributed by atoms with E-state index in [1.807, 2.05) is 36.2 Å². The fourth-order valence-corrected chi connectivity index (χ4v) is 2.05. The highest BCUT2D eigenvalue weighted by Crippen LogP contribution is 2.16. The van der Waals surface area contributed by atoms with Crippen LogP contribution in [0.25, 0.3) is 11.0 Å². The molecule has 0 radical (unpaired) electrons. The fraction of sp³-hybridized carbons (Fsp3) is 0.200. The van der Waals surface area contributed by atoms with Gasteiger partial charge in [0.2, 0.25) is 5.88 Å². The molecule has 0 amide bonds. The molecule has 0 unspecified atom stereocenters. The topological polar surface area (TPSA) is 64.0 Å². The largest absolute Gasteiger partial charge is 0.481 e. The van der Waals surface area contributed by atoms with Crippen LogP contribution in [0.3, 0.4) is 0 Å². The second kappa shape index (κ2) is 5.70. The van der Waals surface area contributed by atoms with Crippen molar-refractivity contribution in [3.63, 3.8) is 0 Å². The van der Waals surface area contributed by atoms with Crippen LogP contribution in [0.15, 0.2) is 42.9 Å². The van der Waals surface area contributed by atoms with Crippen molar-refractivity contribution < 1.29 is 4.74 Å². The smallest absolute Gasteiger partial charge is 0.218 e. The molecule has 6 heteroatoms. The number of aromatic nitrogens is 4. The first kappa shape index (κ1) is 13.2. The van der Waals surface area contributed by atoms with E-state index in [0.717, 1.165) is 22.5 Å². The van der Waals surface area contributed by atoms with Crippen molar-refractivity contribution in [2.24, 2.45) is 0 Å². The Labute approximate surface area is 122 Å². The average Bonchev–Trinajstić information content (AvgIpc) is 2.54. The van der Waals surface area contributed by atoms with Crippen molar-refractivity contribution in [1.82, 2.24) is 19.9 Å². The molecule has 0 atom stereocenters. The Kier molecular flexibility index (Phi) is 3.59. The molecular formula is C15H15N5O. The van der Waals surface area contributed by atoms with E-state index >= 15 is 0 Å². The molecule has 0 aliphatic heterocycles. The first-order valence-electron chi connectivity index (χ1n) is 6.54. The zero-order valence-electron chi connectivity index (χ0n) is 11.9. The fourth-order valence-electron chi connectivity index (χ4n) is 2.05. The van der Waals surface area contributed by atoms with Crippen molar-refractivity contribution in [3.8, 4) is 5.88 Å². The summed E-state index contributed by atoms with van der Waals surface area (Å²) in [4.78, 5) is 19.2. The van der Waals surface area contributed by atoms with E-state index in [0.29, 0.717) is 12.4 Å². The van der Waals surface area contributed by atoms with E-state index in [1.165, 1.54) is 6.33 Å². The molecule has 2 heterocycles. The SMILES string of the molecule is COc1cc(N(C)Cc2cnc3ccccc3n2)ncn1. The summed E-state index contributed by atoms with van der Waals surface area (Å²) in [6.45, 7) is 0.609. The molecule has 0 fully saturated rings. The highest BCUT2D eigenvalue weighted by atomic mass is 16.5. The van der Waals surface area contributed by atoms with Gasteiger partial charge in [0.15, 0.2) is 0 Å². The lowest BCUT2D eigenvalue weighted by Gasteiger charge is -2.17. The quantitative estimate of drug-likeness (QED) is 0.729. The molecule has 0 spiro atoms. The van der Waals surface area contributed by atoms with E-state index in [1.54, 1.807) is 19.4 Å². The Balaban J connectivity index is 1.83. The van der Waals surface area contributed by atoms with Crippen molar-refractivity contribution in [1.29, 1.82) is 0 Å². The van der Waals surface area contributed by atoms with Crippen molar-refractivity contribution in [3.05, 3.63) is 48.5 Å². The minimum Gasteiger partial charge on any atom is -0.481 e. The van der Waals surface area contributed by atoms with Gasteiger partial charge in [0, 0.05) is 13.1 Å². The Hall–Kier alpha value is -2.76. The van der Waals surface area contributed by atoms with Crippen LogP contribution in [-0.2, 0) is 6.54 Å². The van der Waals surface area contributed by atoms with E-state index in [4.69, 9.17) is 4.74 Å². The Morgan fingerprint density at radius 1 is 1.10 bits per heavy atom. The van der Waals surface area contributed by atoms with Crippen LogP contribution in [0.2, 0.25) is 0 Å². The van der Waals surface area contributed by atoms with E-state index in [9.17, 15) is 0 Å². The highest BCUT2D eigenvalue weighted by molar-refractivity contribution is 5.73. The molecule has 3 rings (SSSR count). The van der Waals surface area contributed by atoms with Crippen LogP contribution in [0.1, 0.15) is 5.69 Å². The van der Waals surface area contributed by atoms with Gasteiger partial charge in [-0.1, -0.05) is 12.1 Å². The van der Waals surface area contributed by atoms with Crippen LogP contribution < -0.4 is 9.64 Å². The van der Waals surface area contributed by atoms with Gasteiger partial charge in [0.25, 0.3) is 0 Å². The normalized spacial score (nSPS) is 10.6. The van der Waals surface area contributed by atoms with Crippen LogP contribution >= 0.6 is 0 Å². The summed E-state index contributed by atoms with van der Waals surface area (Å²) in [6.07, 6.45) is 3.27. The number of methoxy groups -OCH3 is 1. The Morgan fingerprint density at radius 2 is 1.90 bits per heavy atom. The molecule has 0 aliphatic rings. The second-order valence-corrected chi connectivity index (χ2v) is 4.62. The number of rotatable bonds is 4. The van der Waals surface area contributed by atoms with Gasteiger partial charge in [-0.2, -0.15) is 0 Å². The van der Waals surface area contributed by atoms with Crippen molar-refractivity contribution >= 4 is 16.9 Å². The van der Waals surface area contributed by atoms with Gasteiger partial charge >= 0.3 is 0 Å². The van der Waals surface area contributed by atoms with Gasteiger partial charge < -0.3 is 9.64 Å². The van der Waals surface area contributed by atoms with Crippen LogP contribution in [0.5, 0.6) is 5.88 Å². The van der Waals surface area contributed by atoms with Crippen LogP contribution in [0.4, 0.5) is 5.82 Å². The average molecular weight is 281 g/mol. The Morgan fingerprint density at radius 3 is 2.71 bits per heavy atom. The molecule has 2 aromatic heterocycles. The third-order valence-corrected chi connectivity index (χ3v) is 3.13. The number of fused-ring (bicyclic) bond motifs is 1. The maximum atomic E-state index is 5.11. The highest BCUT2D eigenvalue weighted by Gasteiger charge is 2.07. The molecular weight excluding hydrogens is 266 g/mol. The maximum absolute atomic E-state index is 5.11. The summed E-state index contributed by atoms with van der Waals surface area (Å²) in [6, 6.07) is 9.61. The molecule has 0 bridgehead atoms. The number of hydrogen-bond donors (Lipinski definition) is 0. The summed E-state index contributed by atoms with van der Waals surface area (Å²) in [7, 11) is 3.53. The number of benzene rings is 1. The number of nitrogens with zero attached hydrogens (tertiary/aromatic N) is 5. The number of ether oxygens (including phenoxy) is 1. The molecule has 3 aromatic rings. The van der Waals surface area contributed by atoms with Crippen LogP contribution in [-0.4, -0.2) is 34.1 Å². The van der Waals surface area contributed by atoms with Gasteiger partial charge in [-0.25, -0.2) is 15.0 Å². The minimum atomic E-state index is 0.538. The van der Waals surface area contributed by atoms with E-state index in [2.05, 4.69) is 19.9 Å². The van der Waals surface area contributed by atoms with Crippen molar-refractivity contribution in [2.75, 3.05) is 19.1 Å². The first-order valence-corrected chi connectivity index (χ1v) is 6.54. The van der Waals surface area contributed by atoms with E-state index < -0.39 is 0 Å². The van der Waals surface area contributed by atoms with Gasteiger partial charge in [0.1, 0.15) is 12.1 Å². The van der Waals surface area contributed by atoms with Gasteiger partial charge in [-0.15, -0.1) is 0 Å². The summed E-state index contributed by atoms with van der Waals surface area (Å²) in [5.41, 5.74) is 2.67. The Bertz CT molecular complexity index is 762. The third-order valence-electron chi connectivity index (χ3n) is 3.13. The van der Waals surface area contributed by atoms with Crippen LogP contribution in [0, 0.1) is 0 Å². The molecule has 6 nitrogen and oxygen atoms in total. The maximum Gasteiger partial charge on any atom is 0.218 e. The molecule has 0 N–H and O–H groups in total. The molecule has 0 saturated heterocycles. The number of hydrogen-bond acceptors (Lipinski definition) is 6. The molecule has 1 aromatic carbocycles. The molecule has 0 aliphatic carbocycles. The molecule has 106 valence electrons. The molecule has 0 saturated carbocycles. The van der Waals surface area contributed by atoms with Crippen molar-refractivity contribution in [2.45, 2.75) is 6.54 Å². The standard InChI is InChI=1S/C15H15N5O/c1-20(14-7-15(21-2)18-10-17-14)9-11-8-16-12-5-3-4-6-13(12)19-11/h3-8,10H,9H2,1-2H3. The van der Waals surface area contributed by atoms with Gasteiger partial charge in [-0.3, -0.25) is 4.98 Å². The minimum absolute atomic E-state index is 0.538. The number of para-hydroxylation sites is 2. The summed E-state index contributed by atoms with van der Waals surface area (Å²) < 4.78 is 5.11.